The topological polar surface area (TPSA) is 55.8 Å². The van der Waals surface area contributed by atoms with Crippen molar-refractivity contribution in [3.05, 3.63) is 34.9 Å². The number of likely N-dealkylation sites (tertiary alicyclic amines) is 1. The molecule has 1 aromatic carbocycles. The van der Waals surface area contributed by atoms with E-state index in [0.717, 1.165) is 0 Å². The Morgan fingerprint density at radius 3 is 2.33 bits per heavy atom. The summed E-state index contributed by atoms with van der Waals surface area (Å²) < 4.78 is 63.5. The van der Waals surface area contributed by atoms with Gasteiger partial charge in [-0.2, -0.15) is 0 Å². The lowest BCUT2D eigenvalue weighted by Crippen LogP contribution is -2.69. The Kier molecular flexibility index (Phi) is 3.98. The largest absolute Gasteiger partial charge is 0.421 e. The van der Waals surface area contributed by atoms with Gasteiger partial charge in [0.2, 0.25) is 0 Å². The molecule has 1 unspecified atom stereocenters. The standard InChI is InChI=1S/C15H13F4NO4/c1-2-3-20-6-8(15(20)23-13(21)14(22)24-15)4-7-5-9(16)11(18)12(19)10(7)17/h5,8H,2-4,6H2,1H3. The minimum atomic E-state index is -1.91. The van der Waals surface area contributed by atoms with E-state index in [9.17, 15) is 27.2 Å². The van der Waals surface area contributed by atoms with E-state index in [-0.39, 0.29) is 13.0 Å². The maximum atomic E-state index is 13.8. The molecule has 1 atom stereocenters. The molecule has 2 saturated heterocycles. The van der Waals surface area contributed by atoms with Gasteiger partial charge >= 0.3 is 17.8 Å². The minimum Gasteiger partial charge on any atom is -0.399 e. The van der Waals surface area contributed by atoms with Gasteiger partial charge < -0.3 is 9.47 Å². The number of hydrogen-bond acceptors (Lipinski definition) is 5. The summed E-state index contributed by atoms with van der Waals surface area (Å²) in [4.78, 5) is 24.3. The van der Waals surface area contributed by atoms with Crippen LogP contribution in [-0.2, 0) is 25.5 Å². The molecule has 0 bridgehead atoms. The van der Waals surface area contributed by atoms with Crippen molar-refractivity contribution in [1.82, 2.24) is 4.90 Å². The van der Waals surface area contributed by atoms with Gasteiger partial charge in [0.15, 0.2) is 23.3 Å². The van der Waals surface area contributed by atoms with Crippen molar-refractivity contribution in [1.29, 1.82) is 0 Å². The fourth-order valence-corrected chi connectivity index (χ4v) is 3.07. The number of ether oxygens (including phenoxy) is 2. The Labute approximate surface area is 134 Å². The average Bonchev–Trinajstić information content (AvgIpc) is 2.87. The molecule has 9 heteroatoms. The summed E-state index contributed by atoms with van der Waals surface area (Å²) in [6.45, 7) is 2.55. The molecule has 2 aliphatic heterocycles. The monoisotopic (exact) mass is 347 g/mol. The molecule has 2 heterocycles. The molecule has 0 N–H and O–H groups in total. The van der Waals surface area contributed by atoms with Gasteiger partial charge in [-0.15, -0.1) is 0 Å². The zero-order valence-corrected chi connectivity index (χ0v) is 12.6. The number of carbonyl (C=O) groups is 2. The zero-order valence-electron chi connectivity index (χ0n) is 12.6. The number of benzene rings is 1. The van der Waals surface area contributed by atoms with Crippen LogP contribution in [-0.4, -0.2) is 35.8 Å². The SMILES string of the molecule is CCCN1CC(Cc2cc(F)c(F)c(F)c2F)C12OC(=O)C(=O)O2. The lowest BCUT2D eigenvalue weighted by atomic mass is 9.86. The smallest absolute Gasteiger partial charge is 0.399 e. The molecule has 0 amide bonds. The van der Waals surface area contributed by atoms with Crippen LogP contribution < -0.4 is 0 Å². The number of rotatable bonds is 4. The Balaban J connectivity index is 1.88. The summed E-state index contributed by atoms with van der Waals surface area (Å²) in [5.74, 6) is -11.6. The summed E-state index contributed by atoms with van der Waals surface area (Å²) in [7, 11) is 0. The van der Waals surface area contributed by atoms with Gasteiger partial charge in [-0.1, -0.05) is 6.92 Å². The van der Waals surface area contributed by atoms with E-state index in [4.69, 9.17) is 9.47 Å². The fourth-order valence-electron chi connectivity index (χ4n) is 3.07. The minimum absolute atomic E-state index is 0.258. The van der Waals surface area contributed by atoms with Crippen molar-refractivity contribution >= 4 is 11.9 Å². The molecular formula is C15H13F4NO4. The Bertz CT molecular complexity index is 708. The van der Waals surface area contributed by atoms with Crippen LogP contribution in [0.4, 0.5) is 17.6 Å². The molecule has 2 aliphatic rings. The van der Waals surface area contributed by atoms with E-state index < -0.39 is 52.6 Å². The molecule has 0 saturated carbocycles. The second-order valence-electron chi connectivity index (χ2n) is 5.72. The Morgan fingerprint density at radius 2 is 1.75 bits per heavy atom. The van der Waals surface area contributed by atoms with E-state index in [1.165, 1.54) is 0 Å². The first kappa shape index (κ1) is 16.7. The van der Waals surface area contributed by atoms with Crippen LogP contribution in [0.2, 0.25) is 0 Å². The van der Waals surface area contributed by atoms with Crippen LogP contribution in [0.1, 0.15) is 18.9 Å². The van der Waals surface area contributed by atoms with Crippen molar-refractivity contribution < 1.29 is 36.6 Å². The van der Waals surface area contributed by atoms with E-state index in [0.29, 0.717) is 19.0 Å². The molecule has 0 radical (unpaired) electrons. The van der Waals surface area contributed by atoms with Crippen molar-refractivity contribution in [3.63, 3.8) is 0 Å². The molecule has 24 heavy (non-hydrogen) atoms. The molecule has 2 fully saturated rings. The van der Waals surface area contributed by atoms with E-state index >= 15 is 0 Å². The second kappa shape index (κ2) is 5.73. The van der Waals surface area contributed by atoms with Gasteiger partial charge in [-0.25, -0.2) is 32.1 Å². The normalized spacial score (nSPS) is 22.5. The Morgan fingerprint density at radius 1 is 1.12 bits per heavy atom. The number of hydrogen-bond donors (Lipinski definition) is 0. The predicted octanol–water partition coefficient (Wildman–Crippen LogP) is 1.88. The van der Waals surface area contributed by atoms with Crippen LogP contribution in [0.5, 0.6) is 0 Å². The maximum Gasteiger partial charge on any atom is 0.421 e. The van der Waals surface area contributed by atoms with Gasteiger partial charge in [-0.05, 0) is 24.5 Å². The van der Waals surface area contributed by atoms with Gasteiger partial charge in [0.1, 0.15) is 0 Å². The lowest BCUT2D eigenvalue weighted by Gasteiger charge is -2.51. The van der Waals surface area contributed by atoms with Crippen molar-refractivity contribution in [2.24, 2.45) is 5.92 Å². The highest BCUT2D eigenvalue weighted by Crippen LogP contribution is 2.44. The molecular weight excluding hydrogens is 334 g/mol. The molecule has 3 rings (SSSR count). The Hall–Kier alpha value is -2.16. The van der Waals surface area contributed by atoms with Gasteiger partial charge in [0.05, 0.1) is 5.92 Å². The van der Waals surface area contributed by atoms with Crippen molar-refractivity contribution in [2.45, 2.75) is 25.7 Å². The number of carbonyl (C=O) groups excluding carboxylic acids is 2. The van der Waals surface area contributed by atoms with E-state index in [1.54, 1.807) is 4.90 Å². The maximum absolute atomic E-state index is 13.8. The molecule has 0 aliphatic carbocycles. The third kappa shape index (κ3) is 2.34. The first-order valence-electron chi connectivity index (χ1n) is 7.33. The number of nitrogens with zero attached hydrogens (tertiary/aromatic N) is 1. The van der Waals surface area contributed by atoms with Crippen LogP contribution >= 0.6 is 0 Å². The highest BCUT2D eigenvalue weighted by molar-refractivity contribution is 6.31. The quantitative estimate of drug-likeness (QED) is 0.274. The lowest BCUT2D eigenvalue weighted by molar-refractivity contribution is -0.336. The zero-order chi connectivity index (χ0) is 17.6. The summed E-state index contributed by atoms with van der Waals surface area (Å²) in [5.41, 5.74) is -0.425. The van der Waals surface area contributed by atoms with Gasteiger partial charge in [0, 0.05) is 13.1 Å². The highest BCUT2D eigenvalue weighted by atomic mass is 19.2. The first-order chi connectivity index (χ1) is 11.3. The fraction of sp³-hybridized carbons (Fsp3) is 0.467. The average molecular weight is 347 g/mol. The highest BCUT2D eigenvalue weighted by Gasteiger charge is 2.65. The van der Waals surface area contributed by atoms with Crippen LogP contribution in [0.25, 0.3) is 0 Å². The van der Waals surface area contributed by atoms with E-state index in [2.05, 4.69) is 0 Å². The second-order valence-corrected chi connectivity index (χ2v) is 5.72. The van der Waals surface area contributed by atoms with Crippen LogP contribution in [0.15, 0.2) is 6.07 Å². The summed E-state index contributed by atoms with van der Waals surface area (Å²) >= 11 is 0. The molecule has 0 aromatic heterocycles. The van der Waals surface area contributed by atoms with Crippen molar-refractivity contribution in [2.75, 3.05) is 13.1 Å². The number of esters is 2. The summed E-state index contributed by atoms with van der Waals surface area (Å²) in [5, 5.41) is 0. The summed E-state index contributed by atoms with van der Waals surface area (Å²) in [6, 6.07) is 0.544. The van der Waals surface area contributed by atoms with Crippen LogP contribution in [0, 0.1) is 29.2 Å². The van der Waals surface area contributed by atoms with Gasteiger partial charge in [0.25, 0.3) is 0 Å². The third-order valence-electron chi connectivity index (χ3n) is 4.18. The molecule has 1 spiro atoms. The van der Waals surface area contributed by atoms with E-state index in [1.807, 2.05) is 6.92 Å². The number of halogens is 4. The van der Waals surface area contributed by atoms with Crippen molar-refractivity contribution in [3.8, 4) is 0 Å². The molecule has 130 valence electrons. The molecule has 1 aromatic rings. The van der Waals surface area contributed by atoms with Gasteiger partial charge in [-0.3, -0.25) is 0 Å². The summed E-state index contributed by atoms with van der Waals surface area (Å²) in [6.07, 6.45) is 0.373. The first-order valence-corrected chi connectivity index (χ1v) is 7.33. The predicted molar refractivity (Wildman–Crippen MR) is 70.2 cm³/mol. The molecule has 5 nitrogen and oxygen atoms in total. The third-order valence-corrected chi connectivity index (χ3v) is 4.18. The van der Waals surface area contributed by atoms with Crippen LogP contribution in [0.3, 0.4) is 0 Å².